The molecule has 2 saturated carbocycles. The maximum Gasteiger partial charge on any atom is 0.244 e. The minimum atomic E-state index is -0.128. The van der Waals surface area contributed by atoms with Gasteiger partial charge in [-0.2, -0.15) is 11.8 Å². The van der Waals surface area contributed by atoms with E-state index in [2.05, 4.69) is 23.4 Å². The van der Waals surface area contributed by atoms with Crippen molar-refractivity contribution in [2.24, 2.45) is 0 Å². The molecule has 1 spiro atoms. The van der Waals surface area contributed by atoms with Crippen LogP contribution in [0, 0.1) is 0 Å². The monoisotopic (exact) mass is 268 g/mol. The number of rotatable bonds is 3. The lowest BCUT2D eigenvalue weighted by molar-refractivity contribution is -0.133. The molecule has 0 aromatic heterocycles. The van der Waals surface area contributed by atoms with Crippen LogP contribution in [0.3, 0.4) is 0 Å². The van der Waals surface area contributed by atoms with Gasteiger partial charge >= 0.3 is 0 Å². The van der Waals surface area contributed by atoms with E-state index in [0.29, 0.717) is 18.1 Å². The van der Waals surface area contributed by atoms with Crippen molar-refractivity contribution >= 4 is 17.7 Å². The van der Waals surface area contributed by atoms with Gasteiger partial charge in [0.15, 0.2) is 0 Å². The van der Waals surface area contributed by atoms with Gasteiger partial charge in [-0.1, -0.05) is 6.92 Å². The first-order valence-corrected chi connectivity index (χ1v) is 8.62. The molecule has 2 aliphatic carbocycles. The molecule has 4 heteroatoms. The number of nitrogens with zero attached hydrogens (tertiary/aromatic N) is 1. The summed E-state index contributed by atoms with van der Waals surface area (Å²) in [6.07, 6.45) is 10.6. The third kappa shape index (κ3) is 1.97. The highest BCUT2D eigenvalue weighted by atomic mass is 32.2. The number of thioether (sulfide) groups is 1. The van der Waals surface area contributed by atoms with E-state index in [-0.39, 0.29) is 5.54 Å². The summed E-state index contributed by atoms with van der Waals surface area (Å²) in [5.41, 5.74) is -0.128. The Morgan fingerprint density at radius 2 is 2.00 bits per heavy atom. The van der Waals surface area contributed by atoms with Gasteiger partial charge in [-0.3, -0.25) is 10.1 Å². The summed E-state index contributed by atoms with van der Waals surface area (Å²) in [6, 6.07) is 0.498. The standard InChI is InChI=1S/C14H24N2OS/c1-3-12-15-14(8-9-14)13(17)16(12)10-4-6-11(18-2)7-5-10/h10-12,15H,3-9H2,1-2H3. The number of amides is 1. The van der Waals surface area contributed by atoms with Crippen LogP contribution >= 0.6 is 11.8 Å². The maximum absolute atomic E-state index is 12.6. The van der Waals surface area contributed by atoms with E-state index in [1.165, 1.54) is 25.7 Å². The number of nitrogens with one attached hydrogen (secondary N) is 1. The van der Waals surface area contributed by atoms with Crippen molar-refractivity contribution in [1.29, 1.82) is 0 Å². The van der Waals surface area contributed by atoms with Gasteiger partial charge in [0.05, 0.1) is 11.7 Å². The fourth-order valence-corrected chi connectivity index (χ4v) is 4.34. The number of hydrogen-bond donors (Lipinski definition) is 1. The third-order valence-corrected chi connectivity index (χ3v) is 6.07. The molecule has 18 heavy (non-hydrogen) atoms. The van der Waals surface area contributed by atoms with E-state index in [9.17, 15) is 4.79 Å². The quantitative estimate of drug-likeness (QED) is 0.853. The van der Waals surface area contributed by atoms with Gasteiger partial charge in [-0.05, 0) is 51.2 Å². The van der Waals surface area contributed by atoms with Gasteiger partial charge in [0.2, 0.25) is 5.91 Å². The molecule has 102 valence electrons. The third-order valence-electron chi connectivity index (χ3n) is 4.93. The van der Waals surface area contributed by atoms with E-state index in [1.807, 2.05) is 11.8 Å². The highest BCUT2D eigenvalue weighted by Crippen LogP contribution is 2.45. The molecular formula is C14H24N2OS. The van der Waals surface area contributed by atoms with Gasteiger partial charge in [-0.15, -0.1) is 0 Å². The number of carbonyl (C=O) groups is 1. The lowest BCUT2D eigenvalue weighted by Crippen LogP contribution is -2.46. The summed E-state index contributed by atoms with van der Waals surface area (Å²) in [4.78, 5) is 14.8. The van der Waals surface area contributed by atoms with Gasteiger partial charge < -0.3 is 4.90 Å². The normalized spacial score (nSPS) is 38.4. The summed E-state index contributed by atoms with van der Waals surface area (Å²) in [6.45, 7) is 2.19. The molecule has 1 aliphatic heterocycles. The van der Waals surface area contributed by atoms with Crippen molar-refractivity contribution in [3.63, 3.8) is 0 Å². The van der Waals surface area contributed by atoms with Crippen LogP contribution in [0.4, 0.5) is 0 Å². The van der Waals surface area contributed by atoms with Gasteiger partial charge in [0.1, 0.15) is 0 Å². The van der Waals surface area contributed by atoms with Crippen LogP contribution in [-0.4, -0.2) is 40.1 Å². The molecule has 1 saturated heterocycles. The first-order chi connectivity index (χ1) is 8.70. The Hall–Kier alpha value is -0.220. The molecule has 3 rings (SSSR count). The largest absolute Gasteiger partial charge is 0.323 e. The molecule has 1 N–H and O–H groups in total. The Morgan fingerprint density at radius 3 is 2.50 bits per heavy atom. The Morgan fingerprint density at radius 1 is 1.33 bits per heavy atom. The minimum absolute atomic E-state index is 0.128. The summed E-state index contributed by atoms with van der Waals surface area (Å²) in [5.74, 6) is 0.405. The molecule has 0 radical (unpaired) electrons. The van der Waals surface area contributed by atoms with Crippen molar-refractivity contribution < 1.29 is 4.79 Å². The molecule has 1 atom stereocenters. The van der Waals surface area contributed by atoms with E-state index in [1.54, 1.807) is 0 Å². The highest BCUT2D eigenvalue weighted by Gasteiger charge is 2.59. The van der Waals surface area contributed by atoms with Crippen LogP contribution in [0.15, 0.2) is 0 Å². The average Bonchev–Trinajstić information content (AvgIpc) is 3.13. The summed E-state index contributed by atoms with van der Waals surface area (Å²) >= 11 is 1.99. The fourth-order valence-electron chi connectivity index (χ4n) is 3.60. The summed E-state index contributed by atoms with van der Waals surface area (Å²) in [5, 5.41) is 4.41. The average molecular weight is 268 g/mol. The predicted molar refractivity (Wildman–Crippen MR) is 75.6 cm³/mol. The molecular weight excluding hydrogens is 244 g/mol. The fraction of sp³-hybridized carbons (Fsp3) is 0.929. The van der Waals surface area contributed by atoms with E-state index in [0.717, 1.165) is 24.5 Å². The van der Waals surface area contributed by atoms with E-state index >= 15 is 0 Å². The molecule has 0 bridgehead atoms. The molecule has 1 amide bonds. The zero-order valence-corrected chi connectivity index (χ0v) is 12.3. The zero-order chi connectivity index (χ0) is 12.8. The molecule has 0 aromatic rings. The van der Waals surface area contributed by atoms with Crippen molar-refractivity contribution in [1.82, 2.24) is 10.2 Å². The first-order valence-electron chi connectivity index (χ1n) is 7.33. The van der Waals surface area contributed by atoms with Crippen molar-refractivity contribution in [2.45, 2.75) is 74.9 Å². The second-order valence-electron chi connectivity index (χ2n) is 6.03. The Kier molecular flexibility index (Phi) is 3.35. The Bertz CT molecular complexity index is 335. The van der Waals surface area contributed by atoms with Gasteiger partial charge in [0.25, 0.3) is 0 Å². The van der Waals surface area contributed by atoms with Crippen molar-refractivity contribution in [3.05, 3.63) is 0 Å². The van der Waals surface area contributed by atoms with Crippen LogP contribution in [0.2, 0.25) is 0 Å². The first kappa shape index (κ1) is 12.8. The second-order valence-corrected chi connectivity index (χ2v) is 7.17. The van der Waals surface area contributed by atoms with E-state index in [4.69, 9.17) is 0 Å². The molecule has 3 aliphatic rings. The SMILES string of the molecule is CCC1NC2(CC2)C(=O)N1C1CCC(SC)CC1. The van der Waals surface area contributed by atoms with Crippen LogP contribution in [0.5, 0.6) is 0 Å². The van der Waals surface area contributed by atoms with E-state index < -0.39 is 0 Å². The van der Waals surface area contributed by atoms with Gasteiger partial charge in [0, 0.05) is 11.3 Å². The van der Waals surface area contributed by atoms with Crippen LogP contribution in [0.25, 0.3) is 0 Å². The zero-order valence-electron chi connectivity index (χ0n) is 11.4. The smallest absolute Gasteiger partial charge is 0.244 e. The molecule has 3 fully saturated rings. The topological polar surface area (TPSA) is 32.3 Å². The van der Waals surface area contributed by atoms with Crippen molar-refractivity contribution in [3.8, 4) is 0 Å². The summed E-state index contributed by atoms with van der Waals surface area (Å²) < 4.78 is 0. The lowest BCUT2D eigenvalue weighted by Gasteiger charge is -2.37. The second kappa shape index (κ2) is 4.71. The maximum atomic E-state index is 12.6. The number of hydrogen-bond acceptors (Lipinski definition) is 3. The lowest BCUT2D eigenvalue weighted by atomic mass is 9.93. The Labute approximate surface area is 114 Å². The molecule has 0 aromatic carbocycles. The number of carbonyl (C=O) groups excluding carboxylic acids is 1. The Balaban J connectivity index is 1.69. The van der Waals surface area contributed by atoms with Crippen molar-refractivity contribution in [2.75, 3.05) is 6.26 Å². The van der Waals surface area contributed by atoms with Gasteiger partial charge in [-0.25, -0.2) is 0 Å². The highest BCUT2D eigenvalue weighted by molar-refractivity contribution is 7.99. The predicted octanol–water partition coefficient (Wildman–Crippen LogP) is 2.36. The van der Waals surface area contributed by atoms with Crippen LogP contribution in [-0.2, 0) is 4.79 Å². The minimum Gasteiger partial charge on any atom is -0.323 e. The molecule has 1 heterocycles. The van der Waals surface area contributed by atoms with Crippen LogP contribution in [0.1, 0.15) is 51.9 Å². The molecule has 3 nitrogen and oxygen atoms in total. The van der Waals surface area contributed by atoms with Crippen LogP contribution < -0.4 is 5.32 Å². The summed E-state index contributed by atoms with van der Waals surface area (Å²) in [7, 11) is 0. The molecule has 1 unspecified atom stereocenters.